The number of aryl methyl sites for hydroxylation is 1. The molecular formula is C20H18O. The third kappa shape index (κ3) is 3.14. The van der Waals surface area contributed by atoms with Crippen molar-refractivity contribution in [3.05, 3.63) is 83.9 Å². The van der Waals surface area contributed by atoms with E-state index >= 15 is 0 Å². The highest BCUT2D eigenvalue weighted by Crippen LogP contribution is 2.26. The lowest BCUT2D eigenvalue weighted by Crippen LogP contribution is -1.95. The van der Waals surface area contributed by atoms with Crippen molar-refractivity contribution < 1.29 is 4.74 Å². The van der Waals surface area contributed by atoms with E-state index in [-0.39, 0.29) is 0 Å². The molecule has 0 bridgehead atoms. The second-order valence-corrected chi connectivity index (χ2v) is 5.03. The van der Waals surface area contributed by atoms with Gasteiger partial charge in [-0.25, -0.2) is 0 Å². The minimum absolute atomic E-state index is 0.577. The van der Waals surface area contributed by atoms with E-state index < -0.39 is 0 Å². The summed E-state index contributed by atoms with van der Waals surface area (Å²) < 4.78 is 5.88. The average Bonchev–Trinajstić information content (AvgIpc) is 2.55. The summed E-state index contributed by atoms with van der Waals surface area (Å²) in [5, 5.41) is 2.50. The Kier molecular flexibility index (Phi) is 4.02. The molecule has 3 rings (SSSR count). The van der Waals surface area contributed by atoms with Crippen LogP contribution in [0.5, 0.6) is 5.75 Å². The number of rotatable bonds is 4. The maximum atomic E-state index is 5.88. The summed E-state index contributed by atoms with van der Waals surface area (Å²) in [4.78, 5) is 0. The van der Waals surface area contributed by atoms with Crippen LogP contribution in [0.15, 0.2) is 72.8 Å². The van der Waals surface area contributed by atoms with Crippen molar-refractivity contribution in [3.8, 4) is 5.75 Å². The molecule has 0 aromatic heterocycles. The van der Waals surface area contributed by atoms with Crippen LogP contribution in [0.2, 0.25) is 0 Å². The van der Waals surface area contributed by atoms with Crippen molar-refractivity contribution in [3.63, 3.8) is 0 Å². The lowest BCUT2D eigenvalue weighted by atomic mass is 10.0. The van der Waals surface area contributed by atoms with Crippen LogP contribution >= 0.6 is 0 Å². The van der Waals surface area contributed by atoms with Crippen molar-refractivity contribution >= 4 is 16.8 Å². The van der Waals surface area contributed by atoms with Crippen LogP contribution in [0, 0.1) is 6.92 Å². The van der Waals surface area contributed by atoms with Gasteiger partial charge in [0.1, 0.15) is 12.4 Å². The molecule has 3 aromatic rings. The van der Waals surface area contributed by atoms with Crippen LogP contribution in [0.25, 0.3) is 16.8 Å². The first-order chi connectivity index (χ1) is 10.3. The monoisotopic (exact) mass is 274 g/mol. The number of hydrogen-bond acceptors (Lipinski definition) is 1. The minimum atomic E-state index is 0.577. The van der Waals surface area contributed by atoms with E-state index in [1.54, 1.807) is 0 Å². The van der Waals surface area contributed by atoms with E-state index in [2.05, 4.69) is 55.5 Å². The Labute approximate surface area is 125 Å². The van der Waals surface area contributed by atoms with Gasteiger partial charge in [0.15, 0.2) is 0 Å². The lowest BCUT2D eigenvalue weighted by Gasteiger charge is -2.09. The van der Waals surface area contributed by atoms with Gasteiger partial charge in [-0.1, -0.05) is 66.7 Å². The number of benzene rings is 3. The highest BCUT2D eigenvalue weighted by molar-refractivity contribution is 5.87. The van der Waals surface area contributed by atoms with Gasteiger partial charge in [-0.2, -0.15) is 0 Å². The maximum absolute atomic E-state index is 5.88. The Hall–Kier alpha value is -2.54. The van der Waals surface area contributed by atoms with Crippen LogP contribution in [0.1, 0.15) is 11.1 Å². The van der Waals surface area contributed by atoms with Crippen LogP contribution < -0.4 is 4.74 Å². The maximum Gasteiger partial charge on any atom is 0.123 e. The third-order valence-electron chi connectivity index (χ3n) is 3.59. The average molecular weight is 274 g/mol. The largest absolute Gasteiger partial charge is 0.489 e. The second kappa shape index (κ2) is 6.27. The molecule has 0 amide bonds. The summed E-state index contributed by atoms with van der Waals surface area (Å²) in [7, 11) is 0. The van der Waals surface area contributed by atoms with Crippen molar-refractivity contribution in [1.29, 1.82) is 0 Å². The molecule has 0 aliphatic rings. The van der Waals surface area contributed by atoms with E-state index in [1.807, 2.05) is 30.3 Å². The zero-order valence-corrected chi connectivity index (χ0v) is 12.1. The summed E-state index contributed by atoms with van der Waals surface area (Å²) in [5.74, 6) is 0.950. The molecule has 0 spiro atoms. The molecule has 0 aliphatic carbocycles. The molecule has 0 saturated carbocycles. The normalized spacial score (nSPS) is 11.1. The smallest absolute Gasteiger partial charge is 0.123 e. The molecule has 0 radical (unpaired) electrons. The summed E-state index contributed by atoms with van der Waals surface area (Å²) in [5.41, 5.74) is 2.39. The molecule has 0 aliphatic heterocycles. The minimum Gasteiger partial charge on any atom is -0.489 e. The molecule has 21 heavy (non-hydrogen) atoms. The van der Waals surface area contributed by atoms with E-state index in [9.17, 15) is 0 Å². The predicted molar refractivity (Wildman–Crippen MR) is 89.7 cm³/mol. The van der Waals surface area contributed by atoms with Gasteiger partial charge in [-0.05, 0) is 41.0 Å². The van der Waals surface area contributed by atoms with Gasteiger partial charge in [0, 0.05) is 0 Å². The number of hydrogen-bond donors (Lipinski definition) is 0. The van der Waals surface area contributed by atoms with Gasteiger partial charge in [0.2, 0.25) is 0 Å². The third-order valence-corrected chi connectivity index (χ3v) is 3.59. The highest BCUT2D eigenvalue weighted by Gasteiger charge is 2.03. The van der Waals surface area contributed by atoms with Gasteiger partial charge < -0.3 is 4.74 Å². The van der Waals surface area contributed by atoms with Crippen molar-refractivity contribution in [2.75, 3.05) is 6.61 Å². The molecule has 3 aromatic carbocycles. The zero-order chi connectivity index (χ0) is 14.5. The molecule has 104 valence electrons. The first-order valence-corrected chi connectivity index (χ1v) is 7.17. The Bertz CT molecular complexity index is 757. The predicted octanol–water partition coefficient (Wildman–Crippen LogP) is 5.24. The molecule has 0 saturated heterocycles. The molecule has 0 N–H and O–H groups in total. The van der Waals surface area contributed by atoms with E-state index in [0.717, 1.165) is 5.75 Å². The van der Waals surface area contributed by atoms with Gasteiger partial charge in [0.25, 0.3) is 0 Å². The second-order valence-electron chi connectivity index (χ2n) is 5.03. The fraction of sp³-hybridized carbons (Fsp3) is 0.100. The summed E-state index contributed by atoms with van der Waals surface area (Å²) >= 11 is 0. The summed E-state index contributed by atoms with van der Waals surface area (Å²) in [6.07, 6.45) is 4.13. The van der Waals surface area contributed by atoms with Crippen LogP contribution in [0.4, 0.5) is 0 Å². The zero-order valence-electron chi connectivity index (χ0n) is 12.1. The molecule has 1 nitrogen and oxygen atoms in total. The van der Waals surface area contributed by atoms with Crippen LogP contribution in [-0.2, 0) is 0 Å². The fourth-order valence-corrected chi connectivity index (χ4v) is 2.45. The van der Waals surface area contributed by atoms with Gasteiger partial charge >= 0.3 is 0 Å². The highest BCUT2D eigenvalue weighted by atomic mass is 16.5. The van der Waals surface area contributed by atoms with E-state index in [0.29, 0.717) is 6.61 Å². The molecular weight excluding hydrogens is 256 g/mol. The number of ether oxygens (including phenoxy) is 1. The molecule has 0 atom stereocenters. The lowest BCUT2D eigenvalue weighted by molar-refractivity contribution is 0.361. The SMILES string of the molecule is Cc1c(OC/C=C/c2ccccc2)ccc2ccccc12. The Morgan fingerprint density at radius 1 is 0.857 bits per heavy atom. The molecule has 0 fully saturated rings. The molecule has 1 heteroatoms. The van der Waals surface area contributed by atoms with Gasteiger partial charge in [-0.15, -0.1) is 0 Å². The fourth-order valence-electron chi connectivity index (χ4n) is 2.45. The van der Waals surface area contributed by atoms with E-state index in [1.165, 1.54) is 21.9 Å². The Morgan fingerprint density at radius 2 is 1.62 bits per heavy atom. The first-order valence-electron chi connectivity index (χ1n) is 7.17. The first kappa shape index (κ1) is 13.4. The Morgan fingerprint density at radius 3 is 2.48 bits per heavy atom. The molecule has 0 heterocycles. The molecule has 0 unspecified atom stereocenters. The van der Waals surface area contributed by atoms with Crippen molar-refractivity contribution in [2.24, 2.45) is 0 Å². The topological polar surface area (TPSA) is 9.23 Å². The van der Waals surface area contributed by atoms with Crippen molar-refractivity contribution in [2.45, 2.75) is 6.92 Å². The van der Waals surface area contributed by atoms with Crippen LogP contribution in [-0.4, -0.2) is 6.61 Å². The standard InChI is InChI=1S/C20H18O/c1-16-19-12-6-5-11-18(19)13-14-20(16)21-15-7-10-17-8-3-2-4-9-17/h2-14H,15H2,1H3/b10-7+. The quantitative estimate of drug-likeness (QED) is 0.632. The van der Waals surface area contributed by atoms with Crippen molar-refractivity contribution in [1.82, 2.24) is 0 Å². The number of fused-ring (bicyclic) bond motifs is 1. The van der Waals surface area contributed by atoms with Gasteiger partial charge in [-0.3, -0.25) is 0 Å². The summed E-state index contributed by atoms with van der Waals surface area (Å²) in [6.45, 7) is 2.69. The summed E-state index contributed by atoms with van der Waals surface area (Å²) in [6, 6.07) is 22.8. The van der Waals surface area contributed by atoms with Gasteiger partial charge in [0.05, 0.1) is 0 Å². The van der Waals surface area contributed by atoms with E-state index in [4.69, 9.17) is 4.74 Å². The Balaban J connectivity index is 1.71. The van der Waals surface area contributed by atoms with Crippen LogP contribution in [0.3, 0.4) is 0 Å².